The number of rotatable bonds is 7. The van der Waals surface area contributed by atoms with E-state index in [9.17, 15) is 17.6 Å². The first-order valence-corrected chi connectivity index (χ1v) is 11.0. The zero-order valence-corrected chi connectivity index (χ0v) is 17.5. The lowest BCUT2D eigenvalue weighted by molar-refractivity contribution is 0.0950. The van der Waals surface area contributed by atoms with Crippen molar-refractivity contribution in [3.63, 3.8) is 0 Å². The van der Waals surface area contributed by atoms with Crippen LogP contribution in [0.5, 0.6) is 0 Å². The minimum Gasteiger partial charge on any atom is -0.348 e. The Bertz CT molecular complexity index is 1140. The van der Waals surface area contributed by atoms with Gasteiger partial charge in [0, 0.05) is 12.1 Å². The van der Waals surface area contributed by atoms with Crippen molar-refractivity contribution in [2.75, 3.05) is 4.72 Å². The summed E-state index contributed by atoms with van der Waals surface area (Å²) in [5.41, 5.74) is 2.20. The van der Waals surface area contributed by atoms with Gasteiger partial charge in [0.15, 0.2) is 0 Å². The van der Waals surface area contributed by atoms with E-state index in [1.54, 1.807) is 0 Å². The molecule has 2 N–H and O–H groups in total. The van der Waals surface area contributed by atoms with Crippen molar-refractivity contribution in [3.8, 4) is 0 Å². The van der Waals surface area contributed by atoms with Crippen molar-refractivity contribution < 1.29 is 17.6 Å². The minimum absolute atomic E-state index is 0.125. The largest absolute Gasteiger partial charge is 0.348 e. The fourth-order valence-electron chi connectivity index (χ4n) is 2.86. The molecule has 30 heavy (non-hydrogen) atoms. The fraction of sp³-hybridized carbons (Fsp3) is 0.174. The topological polar surface area (TPSA) is 75.3 Å². The number of hydrogen-bond acceptors (Lipinski definition) is 3. The molecule has 0 bridgehead atoms. The Balaban J connectivity index is 1.71. The normalized spacial score (nSPS) is 11.3. The van der Waals surface area contributed by atoms with Crippen LogP contribution in [0.3, 0.4) is 0 Å². The molecule has 0 fully saturated rings. The van der Waals surface area contributed by atoms with E-state index >= 15 is 0 Å². The molecule has 0 heterocycles. The average molecular weight is 427 g/mol. The van der Waals surface area contributed by atoms with Gasteiger partial charge in [-0.25, -0.2) is 12.8 Å². The lowest BCUT2D eigenvalue weighted by Gasteiger charge is -2.11. The smallest absolute Gasteiger partial charge is 0.262 e. The van der Waals surface area contributed by atoms with Crippen LogP contribution in [-0.2, 0) is 16.6 Å². The van der Waals surface area contributed by atoms with Crippen molar-refractivity contribution in [2.24, 2.45) is 0 Å². The zero-order chi connectivity index (χ0) is 21.7. The second-order valence-corrected chi connectivity index (χ2v) is 8.87. The van der Waals surface area contributed by atoms with Crippen LogP contribution < -0.4 is 10.0 Å². The summed E-state index contributed by atoms with van der Waals surface area (Å²) in [4.78, 5) is 12.4. The highest BCUT2D eigenvalue weighted by atomic mass is 32.2. The number of halogens is 1. The maximum atomic E-state index is 13.8. The summed E-state index contributed by atoms with van der Waals surface area (Å²) in [6.07, 6.45) is 0. The van der Waals surface area contributed by atoms with Gasteiger partial charge in [0.1, 0.15) is 5.82 Å². The first-order chi connectivity index (χ1) is 14.3. The van der Waals surface area contributed by atoms with Crippen LogP contribution >= 0.6 is 0 Å². The van der Waals surface area contributed by atoms with Crippen molar-refractivity contribution in [1.29, 1.82) is 0 Å². The Morgan fingerprint density at radius 2 is 1.67 bits per heavy atom. The summed E-state index contributed by atoms with van der Waals surface area (Å²) < 4.78 is 41.2. The molecule has 3 rings (SSSR count). The third-order valence-electron chi connectivity index (χ3n) is 4.62. The molecule has 0 aliphatic carbocycles. The van der Waals surface area contributed by atoms with Crippen molar-refractivity contribution in [3.05, 3.63) is 95.3 Å². The number of anilines is 1. The number of hydrogen-bond donors (Lipinski definition) is 2. The van der Waals surface area contributed by atoms with Gasteiger partial charge >= 0.3 is 0 Å². The van der Waals surface area contributed by atoms with Gasteiger partial charge in [0.05, 0.1) is 10.6 Å². The van der Waals surface area contributed by atoms with Gasteiger partial charge < -0.3 is 5.32 Å². The summed E-state index contributed by atoms with van der Waals surface area (Å²) in [5.74, 6) is -0.652. The molecule has 0 atom stereocenters. The Labute approximate surface area is 176 Å². The molecule has 1 amide bonds. The number of carbonyl (C=O) groups excluding carboxylic acids is 1. The third-order valence-corrected chi connectivity index (χ3v) is 5.99. The molecule has 0 radical (unpaired) electrons. The standard InChI is InChI=1S/C23H23FN2O3S/c1-16(2)18-12-10-17(11-13-18)15-25-23(27)19-6-5-7-20(14-19)30(28,29)26-22-9-4-3-8-21(22)24/h3-14,16,26H,15H2,1-2H3,(H,25,27). The molecule has 0 saturated carbocycles. The van der Waals surface area contributed by atoms with E-state index in [1.165, 1.54) is 48.0 Å². The highest BCUT2D eigenvalue weighted by molar-refractivity contribution is 7.92. The molecule has 5 nitrogen and oxygen atoms in total. The van der Waals surface area contributed by atoms with Crippen molar-refractivity contribution in [2.45, 2.75) is 31.2 Å². The number of benzene rings is 3. The molecule has 0 aliphatic rings. The van der Waals surface area contributed by atoms with E-state index in [-0.39, 0.29) is 16.1 Å². The Morgan fingerprint density at radius 3 is 2.33 bits per heavy atom. The number of carbonyl (C=O) groups is 1. The van der Waals surface area contributed by atoms with Gasteiger partial charge in [-0.05, 0) is 47.4 Å². The van der Waals surface area contributed by atoms with Gasteiger partial charge in [0.25, 0.3) is 15.9 Å². The Hall–Kier alpha value is -3.19. The average Bonchev–Trinajstić information content (AvgIpc) is 2.74. The number of sulfonamides is 1. The molecule has 7 heteroatoms. The molecule has 0 spiro atoms. The first kappa shape index (κ1) is 21.5. The van der Waals surface area contributed by atoms with Gasteiger partial charge in [-0.15, -0.1) is 0 Å². The minimum atomic E-state index is -4.04. The fourth-order valence-corrected chi connectivity index (χ4v) is 3.97. The molecule has 3 aromatic rings. The quantitative estimate of drug-likeness (QED) is 0.576. The third kappa shape index (κ3) is 5.24. The summed E-state index contributed by atoms with van der Waals surface area (Å²) in [6, 6.07) is 19.0. The Kier molecular flexibility index (Phi) is 6.52. The lowest BCUT2D eigenvalue weighted by Crippen LogP contribution is -2.23. The summed E-state index contributed by atoms with van der Waals surface area (Å²) in [7, 11) is -4.04. The van der Waals surface area contributed by atoms with Crippen LogP contribution in [0.15, 0.2) is 77.7 Å². The van der Waals surface area contributed by atoms with Crippen LogP contribution in [0.25, 0.3) is 0 Å². The van der Waals surface area contributed by atoms with Crippen LogP contribution in [-0.4, -0.2) is 14.3 Å². The molecule has 0 saturated heterocycles. The molecule has 156 valence electrons. The zero-order valence-electron chi connectivity index (χ0n) is 16.7. The highest BCUT2D eigenvalue weighted by Crippen LogP contribution is 2.20. The van der Waals surface area contributed by atoms with Crippen LogP contribution in [0.2, 0.25) is 0 Å². The first-order valence-electron chi connectivity index (χ1n) is 9.51. The second-order valence-electron chi connectivity index (χ2n) is 7.19. The highest BCUT2D eigenvalue weighted by Gasteiger charge is 2.18. The number of nitrogens with one attached hydrogen (secondary N) is 2. The molecule has 0 aliphatic heterocycles. The van der Waals surface area contributed by atoms with Crippen molar-refractivity contribution in [1.82, 2.24) is 5.32 Å². The van der Waals surface area contributed by atoms with E-state index in [0.717, 1.165) is 11.6 Å². The number of para-hydroxylation sites is 1. The van der Waals surface area contributed by atoms with E-state index in [4.69, 9.17) is 0 Å². The van der Waals surface area contributed by atoms with Gasteiger partial charge in [-0.2, -0.15) is 0 Å². The van der Waals surface area contributed by atoms with Crippen LogP contribution in [0.1, 0.15) is 41.3 Å². The van der Waals surface area contributed by atoms with E-state index < -0.39 is 21.7 Å². The second kappa shape index (κ2) is 9.09. The predicted octanol–water partition coefficient (Wildman–Crippen LogP) is 4.68. The summed E-state index contributed by atoms with van der Waals surface area (Å²) >= 11 is 0. The van der Waals surface area contributed by atoms with Gasteiger partial charge in [-0.1, -0.05) is 56.3 Å². The van der Waals surface area contributed by atoms with Crippen molar-refractivity contribution >= 4 is 21.6 Å². The maximum absolute atomic E-state index is 13.8. The molecular weight excluding hydrogens is 403 g/mol. The summed E-state index contributed by atoms with van der Waals surface area (Å²) in [6.45, 7) is 4.54. The maximum Gasteiger partial charge on any atom is 0.262 e. The molecule has 3 aromatic carbocycles. The van der Waals surface area contributed by atoms with E-state index in [1.807, 2.05) is 24.3 Å². The molecule has 0 aromatic heterocycles. The van der Waals surface area contributed by atoms with Crippen LogP contribution in [0.4, 0.5) is 10.1 Å². The van der Waals surface area contributed by atoms with Crippen LogP contribution in [0, 0.1) is 5.82 Å². The SMILES string of the molecule is CC(C)c1ccc(CNC(=O)c2cccc(S(=O)(=O)Nc3ccccc3F)c2)cc1. The molecular formula is C23H23FN2O3S. The van der Waals surface area contributed by atoms with Gasteiger partial charge in [-0.3, -0.25) is 9.52 Å². The molecule has 0 unspecified atom stereocenters. The lowest BCUT2D eigenvalue weighted by atomic mass is 10.0. The number of amides is 1. The Morgan fingerprint density at radius 1 is 0.967 bits per heavy atom. The van der Waals surface area contributed by atoms with E-state index in [0.29, 0.717) is 12.5 Å². The van der Waals surface area contributed by atoms with Gasteiger partial charge in [0.2, 0.25) is 0 Å². The summed E-state index contributed by atoms with van der Waals surface area (Å²) in [5, 5.41) is 2.79. The predicted molar refractivity (Wildman–Crippen MR) is 115 cm³/mol. The van der Waals surface area contributed by atoms with E-state index in [2.05, 4.69) is 23.9 Å². The monoisotopic (exact) mass is 426 g/mol.